The van der Waals surface area contributed by atoms with Crippen molar-refractivity contribution in [3.8, 4) is 0 Å². The van der Waals surface area contributed by atoms with Crippen LogP contribution in [0.4, 0.5) is 0 Å². The van der Waals surface area contributed by atoms with Crippen molar-refractivity contribution < 1.29 is 5.21 Å². The van der Waals surface area contributed by atoms with E-state index >= 15 is 0 Å². The molecule has 0 aromatic heterocycles. The predicted octanol–water partition coefficient (Wildman–Crippen LogP) is 3.59. The Kier molecular flexibility index (Phi) is 4.87. The third-order valence-electron chi connectivity index (χ3n) is 2.99. The standard InChI is InChI=1S/C11H21NO/c1-2-3-4-5-7-10-8-6-9-11(10)12-13/h10,13H,2-9H2,1H3/b12-11-/t10-/m0/s1. The molecule has 1 atom stereocenters. The molecular formula is C11H21NO. The van der Waals surface area contributed by atoms with Crippen molar-refractivity contribution in [2.45, 2.75) is 58.3 Å². The average molecular weight is 183 g/mol. The Morgan fingerprint density at radius 1 is 1.38 bits per heavy atom. The molecule has 1 fully saturated rings. The Labute approximate surface area is 81.0 Å². The molecular weight excluding hydrogens is 162 g/mol. The summed E-state index contributed by atoms with van der Waals surface area (Å²) in [6, 6.07) is 0. The summed E-state index contributed by atoms with van der Waals surface area (Å²) in [5, 5.41) is 12.1. The van der Waals surface area contributed by atoms with Crippen molar-refractivity contribution >= 4 is 5.71 Å². The van der Waals surface area contributed by atoms with E-state index in [1.54, 1.807) is 0 Å². The molecule has 1 rings (SSSR count). The normalized spacial score (nSPS) is 25.6. The van der Waals surface area contributed by atoms with Gasteiger partial charge in [-0.15, -0.1) is 0 Å². The van der Waals surface area contributed by atoms with Gasteiger partial charge in [0.1, 0.15) is 0 Å². The molecule has 0 radical (unpaired) electrons. The molecule has 0 saturated heterocycles. The summed E-state index contributed by atoms with van der Waals surface area (Å²) in [6.07, 6.45) is 10.0. The van der Waals surface area contributed by atoms with Crippen LogP contribution in [0.2, 0.25) is 0 Å². The van der Waals surface area contributed by atoms with Gasteiger partial charge in [0.25, 0.3) is 0 Å². The molecule has 1 aliphatic carbocycles. The number of rotatable bonds is 5. The quantitative estimate of drug-likeness (QED) is 0.394. The molecule has 1 saturated carbocycles. The van der Waals surface area contributed by atoms with E-state index in [0.29, 0.717) is 5.92 Å². The third-order valence-corrected chi connectivity index (χ3v) is 2.99. The van der Waals surface area contributed by atoms with Crippen molar-refractivity contribution in [2.24, 2.45) is 11.1 Å². The molecule has 0 aliphatic heterocycles. The van der Waals surface area contributed by atoms with Gasteiger partial charge >= 0.3 is 0 Å². The molecule has 0 amide bonds. The predicted molar refractivity (Wildman–Crippen MR) is 55.3 cm³/mol. The number of hydrogen-bond acceptors (Lipinski definition) is 2. The van der Waals surface area contributed by atoms with E-state index in [2.05, 4.69) is 12.1 Å². The first-order valence-electron chi connectivity index (χ1n) is 5.59. The minimum absolute atomic E-state index is 0.599. The molecule has 2 heteroatoms. The monoisotopic (exact) mass is 183 g/mol. The maximum atomic E-state index is 8.73. The maximum absolute atomic E-state index is 8.73. The van der Waals surface area contributed by atoms with Crippen LogP contribution in [0, 0.1) is 5.92 Å². The molecule has 2 nitrogen and oxygen atoms in total. The summed E-state index contributed by atoms with van der Waals surface area (Å²) in [5.41, 5.74) is 1.05. The van der Waals surface area contributed by atoms with E-state index in [1.165, 1.54) is 44.9 Å². The smallest absolute Gasteiger partial charge is 0.0601 e. The second kappa shape index (κ2) is 6.01. The molecule has 0 unspecified atom stereocenters. The molecule has 0 bridgehead atoms. The van der Waals surface area contributed by atoms with Crippen molar-refractivity contribution in [2.75, 3.05) is 0 Å². The molecule has 1 aliphatic rings. The van der Waals surface area contributed by atoms with Crippen LogP contribution in [-0.2, 0) is 0 Å². The first kappa shape index (κ1) is 10.6. The zero-order chi connectivity index (χ0) is 9.52. The van der Waals surface area contributed by atoms with Crippen LogP contribution in [-0.4, -0.2) is 10.9 Å². The van der Waals surface area contributed by atoms with Crippen LogP contribution < -0.4 is 0 Å². The molecule has 76 valence electrons. The topological polar surface area (TPSA) is 32.6 Å². The fraction of sp³-hybridized carbons (Fsp3) is 0.909. The van der Waals surface area contributed by atoms with Crippen molar-refractivity contribution in [1.82, 2.24) is 0 Å². The van der Waals surface area contributed by atoms with E-state index < -0.39 is 0 Å². The summed E-state index contributed by atoms with van der Waals surface area (Å²) in [7, 11) is 0. The Morgan fingerprint density at radius 2 is 2.23 bits per heavy atom. The first-order chi connectivity index (χ1) is 6.38. The van der Waals surface area contributed by atoms with Gasteiger partial charge in [0.2, 0.25) is 0 Å². The fourth-order valence-electron chi connectivity index (χ4n) is 2.16. The second-order valence-corrected chi connectivity index (χ2v) is 4.03. The van der Waals surface area contributed by atoms with E-state index in [9.17, 15) is 0 Å². The lowest BCUT2D eigenvalue weighted by Gasteiger charge is -2.08. The zero-order valence-electron chi connectivity index (χ0n) is 8.63. The van der Waals surface area contributed by atoms with Gasteiger partial charge in [-0.1, -0.05) is 37.8 Å². The maximum Gasteiger partial charge on any atom is 0.0601 e. The minimum atomic E-state index is 0.599. The van der Waals surface area contributed by atoms with Gasteiger partial charge in [-0.05, 0) is 25.7 Å². The van der Waals surface area contributed by atoms with E-state index in [-0.39, 0.29) is 0 Å². The SMILES string of the molecule is CCCCCC[C@H]1CCC/C1=N/O. The van der Waals surface area contributed by atoms with Crippen LogP contribution >= 0.6 is 0 Å². The van der Waals surface area contributed by atoms with Crippen molar-refractivity contribution in [3.63, 3.8) is 0 Å². The Morgan fingerprint density at radius 3 is 2.92 bits per heavy atom. The second-order valence-electron chi connectivity index (χ2n) is 4.03. The largest absolute Gasteiger partial charge is 0.411 e. The number of nitrogens with zero attached hydrogens (tertiary/aromatic N) is 1. The van der Waals surface area contributed by atoms with Gasteiger partial charge in [0.15, 0.2) is 0 Å². The number of oxime groups is 1. The van der Waals surface area contributed by atoms with Gasteiger partial charge in [-0.25, -0.2) is 0 Å². The fourth-order valence-corrected chi connectivity index (χ4v) is 2.16. The minimum Gasteiger partial charge on any atom is -0.411 e. The summed E-state index contributed by atoms with van der Waals surface area (Å²) in [4.78, 5) is 0. The Hall–Kier alpha value is -0.530. The highest BCUT2D eigenvalue weighted by atomic mass is 16.4. The lowest BCUT2D eigenvalue weighted by atomic mass is 9.98. The van der Waals surface area contributed by atoms with E-state index in [0.717, 1.165) is 12.1 Å². The molecule has 0 heterocycles. The summed E-state index contributed by atoms with van der Waals surface area (Å²) in [6.45, 7) is 2.23. The van der Waals surface area contributed by atoms with E-state index in [4.69, 9.17) is 5.21 Å². The van der Waals surface area contributed by atoms with Gasteiger partial charge < -0.3 is 5.21 Å². The van der Waals surface area contributed by atoms with Crippen molar-refractivity contribution in [3.05, 3.63) is 0 Å². The summed E-state index contributed by atoms with van der Waals surface area (Å²) < 4.78 is 0. The first-order valence-corrected chi connectivity index (χ1v) is 5.59. The zero-order valence-corrected chi connectivity index (χ0v) is 8.63. The molecule has 0 aromatic rings. The van der Waals surface area contributed by atoms with Gasteiger partial charge in [0, 0.05) is 5.92 Å². The summed E-state index contributed by atoms with van der Waals surface area (Å²) >= 11 is 0. The number of hydrogen-bond donors (Lipinski definition) is 1. The summed E-state index contributed by atoms with van der Waals surface area (Å²) in [5.74, 6) is 0.599. The highest BCUT2D eigenvalue weighted by Crippen LogP contribution is 2.27. The van der Waals surface area contributed by atoms with Crippen LogP contribution in [0.5, 0.6) is 0 Å². The van der Waals surface area contributed by atoms with Crippen LogP contribution in [0.3, 0.4) is 0 Å². The molecule has 13 heavy (non-hydrogen) atoms. The van der Waals surface area contributed by atoms with Crippen LogP contribution in [0.1, 0.15) is 58.3 Å². The number of unbranched alkanes of at least 4 members (excludes halogenated alkanes) is 3. The lowest BCUT2D eigenvalue weighted by molar-refractivity contribution is 0.314. The Balaban J connectivity index is 2.13. The van der Waals surface area contributed by atoms with Gasteiger partial charge in [0.05, 0.1) is 5.71 Å². The average Bonchev–Trinajstić information content (AvgIpc) is 2.60. The molecule has 0 spiro atoms. The van der Waals surface area contributed by atoms with Crippen molar-refractivity contribution in [1.29, 1.82) is 0 Å². The van der Waals surface area contributed by atoms with Crippen LogP contribution in [0.25, 0.3) is 0 Å². The highest BCUT2D eigenvalue weighted by molar-refractivity contribution is 5.87. The third kappa shape index (κ3) is 3.37. The molecule has 1 N–H and O–H groups in total. The van der Waals surface area contributed by atoms with E-state index in [1.807, 2.05) is 0 Å². The van der Waals surface area contributed by atoms with Crippen LogP contribution in [0.15, 0.2) is 5.16 Å². The van der Waals surface area contributed by atoms with Gasteiger partial charge in [-0.2, -0.15) is 0 Å². The Bertz CT molecular complexity index is 165. The lowest BCUT2D eigenvalue weighted by Crippen LogP contribution is -2.06. The van der Waals surface area contributed by atoms with Gasteiger partial charge in [-0.3, -0.25) is 0 Å². The molecule has 0 aromatic carbocycles. The highest BCUT2D eigenvalue weighted by Gasteiger charge is 2.22.